The molecule has 0 aliphatic carbocycles. The van der Waals surface area contributed by atoms with Gasteiger partial charge in [-0.3, -0.25) is 0 Å². The van der Waals surface area contributed by atoms with E-state index in [9.17, 15) is 9.18 Å². The van der Waals surface area contributed by atoms with Gasteiger partial charge in [0.1, 0.15) is 5.82 Å². The summed E-state index contributed by atoms with van der Waals surface area (Å²) in [4.78, 5) is 10.7. The second-order valence-corrected chi connectivity index (χ2v) is 4.79. The summed E-state index contributed by atoms with van der Waals surface area (Å²) in [6.45, 7) is 4.45. The van der Waals surface area contributed by atoms with E-state index < -0.39 is 11.8 Å². The molecule has 2 aromatic carbocycles. The quantitative estimate of drug-likeness (QED) is 0.891. The maximum absolute atomic E-state index is 13.6. The Labute approximate surface area is 117 Å². The molecule has 0 atom stereocenters. The van der Waals surface area contributed by atoms with Crippen molar-refractivity contribution in [3.05, 3.63) is 64.5 Å². The molecule has 0 fully saturated rings. The number of hydrogen-bond acceptors (Lipinski definition) is 2. The summed E-state index contributed by atoms with van der Waals surface area (Å²) in [6, 6.07) is 10.2. The van der Waals surface area contributed by atoms with Gasteiger partial charge < -0.3 is 10.4 Å². The van der Waals surface area contributed by atoms with Crippen LogP contribution in [0.1, 0.15) is 27.0 Å². The molecule has 0 saturated heterocycles. The zero-order valence-electron chi connectivity index (χ0n) is 11.4. The van der Waals surface area contributed by atoms with E-state index in [0.717, 1.165) is 16.8 Å². The fraction of sp³-hybridized carbons (Fsp3) is 0.188. The van der Waals surface area contributed by atoms with Crippen LogP contribution >= 0.6 is 0 Å². The lowest BCUT2D eigenvalue weighted by Gasteiger charge is -2.11. The molecule has 0 saturated carbocycles. The number of rotatable bonds is 4. The fourth-order valence-electron chi connectivity index (χ4n) is 1.97. The Morgan fingerprint density at radius 2 is 1.95 bits per heavy atom. The third-order valence-electron chi connectivity index (χ3n) is 3.14. The van der Waals surface area contributed by atoms with Crippen LogP contribution in [0.4, 0.5) is 10.1 Å². The molecule has 3 nitrogen and oxygen atoms in total. The predicted octanol–water partition coefficient (Wildman–Crippen LogP) is 3.75. The first kappa shape index (κ1) is 14.1. The van der Waals surface area contributed by atoms with E-state index in [1.54, 1.807) is 6.07 Å². The monoisotopic (exact) mass is 273 g/mol. The molecule has 0 radical (unpaired) electrons. The molecule has 0 heterocycles. The molecule has 0 aliphatic heterocycles. The van der Waals surface area contributed by atoms with Gasteiger partial charge in [-0.1, -0.05) is 18.2 Å². The number of aromatic carboxylic acids is 1. The Balaban J connectivity index is 2.13. The van der Waals surface area contributed by atoms with Gasteiger partial charge in [0.2, 0.25) is 0 Å². The number of hydrogen-bond donors (Lipinski definition) is 2. The molecule has 2 rings (SSSR count). The zero-order valence-corrected chi connectivity index (χ0v) is 11.4. The van der Waals surface area contributed by atoms with Crippen LogP contribution in [0.2, 0.25) is 0 Å². The molecule has 0 aliphatic rings. The van der Waals surface area contributed by atoms with E-state index in [-0.39, 0.29) is 5.56 Å². The zero-order chi connectivity index (χ0) is 14.7. The van der Waals surface area contributed by atoms with Crippen molar-refractivity contribution >= 4 is 11.7 Å². The minimum atomic E-state index is -1.25. The van der Waals surface area contributed by atoms with Crippen molar-refractivity contribution in [2.75, 3.05) is 5.32 Å². The first-order valence-corrected chi connectivity index (χ1v) is 6.30. The van der Waals surface area contributed by atoms with E-state index in [4.69, 9.17) is 5.11 Å². The van der Waals surface area contributed by atoms with E-state index >= 15 is 0 Å². The van der Waals surface area contributed by atoms with Gasteiger partial charge in [-0.25, -0.2) is 9.18 Å². The van der Waals surface area contributed by atoms with Crippen LogP contribution < -0.4 is 5.32 Å². The van der Waals surface area contributed by atoms with Crippen molar-refractivity contribution in [2.45, 2.75) is 20.4 Å². The van der Waals surface area contributed by atoms with E-state index in [1.165, 1.54) is 12.1 Å². The van der Waals surface area contributed by atoms with Crippen LogP contribution in [-0.4, -0.2) is 11.1 Å². The third kappa shape index (κ3) is 3.15. The molecule has 0 spiro atoms. The van der Waals surface area contributed by atoms with Crippen LogP contribution in [0.3, 0.4) is 0 Å². The van der Waals surface area contributed by atoms with Crippen molar-refractivity contribution in [3.63, 3.8) is 0 Å². The lowest BCUT2D eigenvalue weighted by atomic mass is 10.1. The highest BCUT2D eigenvalue weighted by atomic mass is 19.1. The molecule has 2 aromatic rings. The normalized spacial score (nSPS) is 10.3. The van der Waals surface area contributed by atoms with Crippen molar-refractivity contribution < 1.29 is 14.3 Å². The Bertz CT molecular complexity index is 653. The van der Waals surface area contributed by atoms with Gasteiger partial charge in [0.15, 0.2) is 0 Å². The highest BCUT2D eigenvalue weighted by Gasteiger charge is 2.10. The lowest BCUT2D eigenvalue weighted by molar-refractivity contribution is 0.0692. The van der Waals surface area contributed by atoms with Crippen molar-refractivity contribution in [3.8, 4) is 0 Å². The second-order valence-electron chi connectivity index (χ2n) is 4.79. The lowest BCUT2D eigenvalue weighted by Crippen LogP contribution is -2.05. The Kier molecular flexibility index (Phi) is 4.03. The number of nitrogens with one attached hydrogen (secondary N) is 1. The van der Waals surface area contributed by atoms with Gasteiger partial charge in [0.25, 0.3) is 0 Å². The van der Waals surface area contributed by atoms with Gasteiger partial charge in [-0.2, -0.15) is 0 Å². The smallest absolute Gasteiger partial charge is 0.338 e. The first-order chi connectivity index (χ1) is 9.47. The number of aryl methyl sites for hydroxylation is 2. The standard InChI is InChI=1S/C16H16FNO2/c1-10-3-4-11(2)15(7-10)18-9-12-5-6-13(16(19)20)14(17)8-12/h3-8,18H,9H2,1-2H3,(H,19,20). The van der Waals surface area contributed by atoms with Crippen molar-refractivity contribution in [1.29, 1.82) is 0 Å². The van der Waals surface area contributed by atoms with Gasteiger partial charge in [0, 0.05) is 12.2 Å². The van der Waals surface area contributed by atoms with Gasteiger partial charge >= 0.3 is 5.97 Å². The summed E-state index contributed by atoms with van der Waals surface area (Å²) in [6.07, 6.45) is 0. The van der Waals surface area contributed by atoms with E-state index in [1.807, 2.05) is 32.0 Å². The Morgan fingerprint density at radius 3 is 2.60 bits per heavy atom. The highest BCUT2D eigenvalue weighted by molar-refractivity contribution is 5.87. The largest absolute Gasteiger partial charge is 0.478 e. The molecule has 0 unspecified atom stereocenters. The number of anilines is 1. The van der Waals surface area contributed by atoms with Gasteiger partial charge in [0.05, 0.1) is 5.56 Å². The summed E-state index contributed by atoms with van der Waals surface area (Å²) in [5.74, 6) is -1.96. The van der Waals surface area contributed by atoms with Crippen LogP contribution in [-0.2, 0) is 6.54 Å². The van der Waals surface area contributed by atoms with E-state index in [2.05, 4.69) is 5.32 Å². The van der Waals surface area contributed by atoms with Gasteiger partial charge in [-0.15, -0.1) is 0 Å². The van der Waals surface area contributed by atoms with E-state index in [0.29, 0.717) is 12.1 Å². The SMILES string of the molecule is Cc1ccc(C)c(NCc2ccc(C(=O)O)c(F)c2)c1. The van der Waals surface area contributed by atoms with Crippen LogP contribution in [0, 0.1) is 19.7 Å². The second kappa shape index (κ2) is 5.74. The third-order valence-corrected chi connectivity index (χ3v) is 3.14. The number of carboxylic acid groups (broad SMARTS) is 1. The minimum Gasteiger partial charge on any atom is -0.478 e. The summed E-state index contributed by atoms with van der Waals surface area (Å²) < 4.78 is 13.6. The molecule has 20 heavy (non-hydrogen) atoms. The van der Waals surface area contributed by atoms with Crippen molar-refractivity contribution in [2.24, 2.45) is 0 Å². The first-order valence-electron chi connectivity index (χ1n) is 6.30. The van der Waals surface area contributed by atoms with Crippen LogP contribution in [0.25, 0.3) is 0 Å². The molecular weight excluding hydrogens is 257 g/mol. The molecule has 4 heteroatoms. The molecule has 0 aromatic heterocycles. The number of halogens is 1. The summed E-state index contributed by atoms with van der Waals surface area (Å²) in [5.41, 5.74) is 3.64. The number of carboxylic acids is 1. The minimum absolute atomic E-state index is 0.305. The number of benzene rings is 2. The summed E-state index contributed by atoms with van der Waals surface area (Å²) in [5, 5.41) is 12.0. The molecular formula is C16H16FNO2. The Morgan fingerprint density at radius 1 is 1.20 bits per heavy atom. The summed E-state index contributed by atoms with van der Waals surface area (Å²) in [7, 11) is 0. The Hall–Kier alpha value is -2.36. The average molecular weight is 273 g/mol. The molecule has 104 valence electrons. The highest BCUT2D eigenvalue weighted by Crippen LogP contribution is 2.18. The maximum Gasteiger partial charge on any atom is 0.338 e. The fourth-order valence-corrected chi connectivity index (χ4v) is 1.97. The molecule has 0 bridgehead atoms. The van der Waals surface area contributed by atoms with Gasteiger partial charge in [-0.05, 0) is 48.7 Å². The molecule has 0 amide bonds. The average Bonchev–Trinajstić information content (AvgIpc) is 2.39. The maximum atomic E-state index is 13.6. The number of carbonyl (C=O) groups is 1. The van der Waals surface area contributed by atoms with Crippen LogP contribution in [0.15, 0.2) is 36.4 Å². The molecule has 2 N–H and O–H groups in total. The van der Waals surface area contributed by atoms with Crippen LogP contribution in [0.5, 0.6) is 0 Å². The summed E-state index contributed by atoms with van der Waals surface area (Å²) >= 11 is 0. The predicted molar refractivity (Wildman–Crippen MR) is 76.6 cm³/mol. The van der Waals surface area contributed by atoms with Crippen molar-refractivity contribution in [1.82, 2.24) is 0 Å². The topological polar surface area (TPSA) is 49.3 Å².